The Balaban J connectivity index is 2.42. The van der Waals surface area contributed by atoms with Gasteiger partial charge in [0.05, 0.1) is 18.8 Å². The number of ether oxygens (including phenoxy) is 2. The van der Waals surface area contributed by atoms with Gasteiger partial charge in [0.15, 0.2) is 6.10 Å². The van der Waals surface area contributed by atoms with Crippen molar-refractivity contribution in [2.75, 3.05) is 13.7 Å². The van der Waals surface area contributed by atoms with Crippen LogP contribution in [0.15, 0.2) is 0 Å². The van der Waals surface area contributed by atoms with Crippen LogP contribution in [0.5, 0.6) is 0 Å². The molecule has 2 N–H and O–H groups in total. The summed E-state index contributed by atoms with van der Waals surface area (Å²) in [5, 5.41) is 19.5. The molecule has 1 rings (SSSR count). The van der Waals surface area contributed by atoms with Crippen molar-refractivity contribution in [1.82, 2.24) is 0 Å². The number of methoxy groups -OCH3 is 1. The van der Waals surface area contributed by atoms with Crippen molar-refractivity contribution < 1.29 is 24.5 Å². The van der Waals surface area contributed by atoms with E-state index in [0.29, 0.717) is 0 Å². The van der Waals surface area contributed by atoms with Crippen LogP contribution in [0.1, 0.15) is 32.6 Å². The van der Waals surface area contributed by atoms with Crippen molar-refractivity contribution in [3.8, 4) is 0 Å². The molecule has 0 aromatic carbocycles. The minimum atomic E-state index is -1.43. The second-order valence-corrected chi connectivity index (χ2v) is 4.46. The number of carbonyl (C=O) groups excluding carboxylic acids is 1. The van der Waals surface area contributed by atoms with E-state index >= 15 is 0 Å². The largest absolute Gasteiger partial charge is 0.464 e. The van der Waals surface area contributed by atoms with Gasteiger partial charge >= 0.3 is 5.97 Å². The molecule has 0 saturated heterocycles. The van der Waals surface area contributed by atoms with Gasteiger partial charge in [-0.05, 0) is 38.5 Å². The third kappa shape index (κ3) is 3.94. The van der Waals surface area contributed by atoms with Crippen LogP contribution in [-0.4, -0.2) is 48.2 Å². The van der Waals surface area contributed by atoms with E-state index in [0.717, 1.165) is 25.7 Å². The van der Waals surface area contributed by atoms with E-state index in [1.165, 1.54) is 0 Å². The zero-order valence-corrected chi connectivity index (χ0v) is 10.5. The Morgan fingerprint density at radius 2 is 1.88 bits per heavy atom. The Hall–Kier alpha value is -0.650. The predicted octanol–water partition coefficient (Wildman–Crippen LogP) is 0.476. The number of aliphatic hydroxyl groups is 2. The molecule has 1 aliphatic carbocycles. The second kappa shape index (κ2) is 6.93. The summed E-state index contributed by atoms with van der Waals surface area (Å²) in [7, 11) is 1.68. The summed E-state index contributed by atoms with van der Waals surface area (Å²) in [5.41, 5.74) is 0. The van der Waals surface area contributed by atoms with E-state index in [9.17, 15) is 15.0 Å². The molecule has 0 aromatic heterocycles. The van der Waals surface area contributed by atoms with Crippen molar-refractivity contribution in [3.05, 3.63) is 0 Å². The zero-order chi connectivity index (χ0) is 12.8. The number of rotatable bonds is 5. The summed E-state index contributed by atoms with van der Waals surface area (Å²) in [6, 6.07) is 0. The average Bonchev–Trinajstić information content (AvgIpc) is 2.37. The van der Waals surface area contributed by atoms with Gasteiger partial charge in [-0.2, -0.15) is 0 Å². The minimum Gasteiger partial charge on any atom is -0.464 e. The fraction of sp³-hybridized carbons (Fsp3) is 0.917. The standard InChI is InChI=1S/C12H22O5/c1-3-17-12(15)11(14)10(13)8-4-6-9(16-2)7-5-8/h8-11,13-14H,3-7H2,1-2H3/t8?,9?,10-,11-/m0/s1. The van der Waals surface area contributed by atoms with Gasteiger partial charge in [-0.15, -0.1) is 0 Å². The lowest BCUT2D eigenvalue weighted by Gasteiger charge is -2.32. The summed E-state index contributed by atoms with van der Waals surface area (Å²) >= 11 is 0. The molecular formula is C12H22O5. The topological polar surface area (TPSA) is 76.0 Å². The van der Waals surface area contributed by atoms with Crippen LogP contribution in [0, 0.1) is 5.92 Å². The summed E-state index contributed by atoms with van der Waals surface area (Å²) in [4.78, 5) is 11.3. The SMILES string of the molecule is CCOC(=O)[C@@H](O)[C@@H](O)C1CCC(OC)CC1. The van der Waals surface area contributed by atoms with Crippen LogP contribution in [0.4, 0.5) is 0 Å². The zero-order valence-electron chi connectivity index (χ0n) is 10.5. The summed E-state index contributed by atoms with van der Waals surface area (Å²) in [6.45, 7) is 1.87. The van der Waals surface area contributed by atoms with Crippen LogP contribution in [-0.2, 0) is 14.3 Å². The maximum atomic E-state index is 11.3. The van der Waals surface area contributed by atoms with Gasteiger partial charge in [-0.1, -0.05) is 0 Å². The lowest BCUT2D eigenvalue weighted by Crippen LogP contribution is -2.42. The lowest BCUT2D eigenvalue weighted by atomic mass is 9.82. The van der Waals surface area contributed by atoms with E-state index in [4.69, 9.17) is 4.74 Å². The molecule has 0 spiro atoms. The molecule has 0 bridgehead atoms. The van der Waals surface area contributed by atoms with E-state index in [-0.39, 0.29) is 18.6 Å². The summed E-state index contributed by atoms with van der Waals surface area (Å²) in [5.74, 6) is -0.797. The first-order chi connectivity index (χ1) is 8.10. The number of hydrogen-bond donors (Lipinski definition) is 2. The molecule has 0 radical (unpaired) electrons. The Bertz CT molecular complexity index is 235. The molecule has 0 aromatic rings. The molecule has 5 heteroatoms. The Morgan fingerprint density at radius 3 is 2.35 bits per heavy atom. The molecule has 0 unspecified atom stereocenters. The van der Waals surface area contributed by atoms with Gasteiger partial charge in [0.1, 0.15) is 0 Å². The highest BCUT2D eigenvalue weighted by Gasteiger charge is 2.34. The highest BCUT2D eigenvalue weighted by molar-refractivity contribution is 5.75. The maximum absolute atomic E-state index is 11.3. The van der Waals surface area contributed by atoms with Crippen LogP contribution in [0.25, 0.3) is 0 Å². The molecule has 1 fully saturated rings. The van der Waals surface area contributed by atoms with Crippen LogP contribution in [0.3, 0.4) is 0 Å². The Labute approximate surface area is 102 Å². The van der Waals surface area contributed by atoms with Crippen LogP contribution >= 0.6 is 0 Å². The monoisotopic (exact) mass is 246 g/mol. The van der Waals surface area contributed by atoms with Crippen molar-refractivity contribution in [2.24, 2.45) is 5.92 Å². The van der Waals surface area contributed by atoms with Gasteiger partial charge in [0.2, 0.25) is 0 Å². The van der Waals surface area contributed by atoms with Gasteiger partial charge in [-0.25, -0.2) is 4.79 Å². The highest BCUT2D eigenvalue weighted by atomic mass is 16.5. The number of carbonyl (C=O) groups is 1. The quantitative estimate of drug-likeness (QED) is 0.690. The molecule has 17 heavy (non-hydrogen) atoms. The van der Waals surface area contributed by atoms with Crippen molar-refractivity contribution >= 4 is 5.97 Å². The van der Waals surface area contributed by atoms with Crippen molar-refractivity contribution in [2.45, 2.75) is 50.9 Å². The van der Waals surface area contributed by atoms with Crippen molar-refractivity contribution in [1.29, 1.82) is 0 Å². The molecule has 1 saturated carbocycles. The molecule has 0 heterocycles. The molecular weight excluding hydrogens is 224 g/mol. The third-order valence-electron chi connectivity index (χ3n) is 3.39. The van der Waals surface area contributed by atoms with E-state index in [2.05, 4.69) is 4.74 Å². The van der Waals surface area contributed by atoms with Gasteiger partial charge in [0.25, 0.3) is 0 Å². The Morgan fingerprint density at radius 1 is 1.29 bits per heavy atom. The predicted molar refractivity (Wildman–Crippen MR) is 61.4 cm³/mol. The first kappa shape index (κ1) is 14.4. The van der Waals surface area contributed by atoms with Crippen LogP contribution in [0.2, 0.25) is 0 Å². The average molecular weight is 246 g/mol. The number of aliphatic hydroxyl groups excluding tert-OH is 2. The first-order valence-corrected chi connectivity index (χ1v) is 6.15. The van der Waals surface area contributed by atoms with Gasteiger partial charge in [-0.3, -0.25) is 0 Å². The van der Waals surface area contributed by atoms with E-state index < -0.39 is 18.2 Å². The smallest absolute Gasteiger partial charge is 0.337 e. The fourth-order valence-electron chi connectivity index (χ4n) is 2.29. The normalized spacial score (nSPS) is 28.5. The Kier molecular flexibility index (Phi) is 5.88. The number of hydrogen-bond acceptors (Lipinski definition) is 5. The molecule has 2 atom stereocenters. The maximum Gasteiger partial charge on any atom is 0.337 e. The second-order valence-electron chi connectivity index (χ2n) is 4.46. The van der Waals surface area contributed by atoms with Crippen molar-refractivity contribution in [3.63, 3.8) is 0 Å². The van der Waals surface area contributed by atoms with Gasteiger partial charge in [0, 0.05) is 7.11 Å². The number of esters is 1. The lowest BCUT2D eigenvalue weighted by molar-refractivity contribution is -0.162. The fourth-order valence-corrected chi connectivity index (χ4v) is 2.29. The summed E-state index contributed by atoms with van der Waals surface area (Å²) < 4.78 is 9.91. The first-order valence-electron chi connectivity index (χ1n) is 6.15. The molecule has 0 aliphatic heterocycles. The molecule has 5 nitrogen and oxygen atoms in total. The third-order valence-corrected chi connectivity index (χ3v) is 3.39. The highest BCUT2D eigenvalue weighted by Crippen LogP contribution is 2.29. The summed E-state index contributed by atoms with van der Waals surface area (Å²) in [6.07, 6.45) is 0.998. The van der Waals surface area contributed by atoms with E-state index in [1.807, 2.05) is 0 Å². The van der Waals surface area contributed by atoms with Crippen LogP contribution < -0.4 is 0 Å². The molecule has 1 aliphatic rings. The van der Waals surface area contributed by atoms with Gasteiger partial charge < -0.3 is 19.7 Å². The minimum absolute atomic E-state index is 0.0548. The molecule has 100 valence electrons. The van der Waals surface area contributed by atoms with E-state index in [1.54, 1.807) is 14.0 Å². The molecule has 0 amide bonds.